The Labute approximate surface area is 114 Å². The van der Waals surface area contributed by atoms with Gasteiger partial charge in [-0.1, -0.05) is 19.8 Å². The van der Waals surface area contributed by atoms with Gasteiger partial charge in [0.25, 0.3) is 0 Å². The van der Waals surface area contributed by atoms with Crippen molar-refractivity contribution in [2.75, 3.05) is 0 Å². The summed E-state index contributed by atoms with van der Waals surface area (Å²) in [4.78, 5) is 11.3. The Morgan fingerprint density at radius 3 is 2.29 bits per heavy atom. The van der Waals surface area contributed by atoms with E-state index >= 15 is 0 Å². The molecule has 0 spiro atoms. The normalized spacial score (nSPS) is 8.76. The van der Waals surface area contributed by atoms with Gasteiger partial charge in [-0.2, -0.15) is 36.4 Å². The van der Waals surface area contributed by atoms with Gasteiger partial charge in [-0.3, -0.25) is 0 Å². The fourth-order valence-corrected chi connectivity index (χ4v) is 1.36. The van der Waals surface area contributed by atoms with Gasteiger partial charge in [-0.05, 0) is 6.42 Å². The van der Waals surface area contributed by atoms with Gasteiger partial charge < -0.3 is 4.79 Å². The topological polar surface area (TPSA) is 17.1 Å². The molecule has 0 N–H and O–H groups in total. The molecule has 0 aliphatic heterocycles. The van der Waals surface area contributed by atoms with E-state index in [1.165, 1.54) is 0 Å². The molecule has 17 heavy (non-hydrogen) atoms. The third-order valence-corrected chi connectivity index (χ3v) is 2.30. The zero-order chi connectivity index (χ0) is 11.6. The Balaban J connectivity index is 0.000000360. The number of carbonyl (C=O) groups is 1. The second kappa shape index (κ2) is 10.1. The maximum atomic E-state index is 11.3. The predicted octanol–water partition coefficient (Wildman–Crippen LogP) is 4.18. The van der Waals surface area contributed by atoms with Crippen LogP contribution in [0.4, 0.5) is 0 Å². The van der Waals surface area contributed by atoms with Crippen molar-refractivity contribution >= 4 is 5.78 Å². The summed E-state index contributed by atoms with van der Waals surface area (Å²) in [5.41, 5.74) is 0.860. The summed E-state index contributed by atoms with van der Waals surface area (Å²) in [5.74, 6) is 0.275. The second-order valence-corrected chi connectivity index (χ2v) is 3.66. The molecule has 2 heteroatoms. The van der Waals surface area contributed by atoms with E-state index < -0.39 is 0 Å². The second-order valence-electron chi connectivity index (χ2n) is 3.66. The van der Waals surface area contributed by atoms with Gasteiger partial charge in [0.05, 0.1) is 5.78 Å². The molecule has 0 amide bonds. The Bertz CT molecular complexity index is 342. The first-order valence-corrected chi connectivity index (χ1v) is 5.76. The van der Waals surface area contributed by atoms with Crippen molar-refractivity contribution in [2.45, 2.75) is 26.2 Å². The van der Waals surface area contributed by atoms with Crippen LogP contribution in [0, 0.1) is 0 Å². The van der Waals surface area contributed by atoms with Crippen LogP contribution in [0.5, 0.6) is 0 Å². The van der Waals surface area contributed by atoms with Gasteiger partial charge in [0.1, 0.15) is 0 Å². The van der Waals surface area contributed by atoms with Crippen LogP contribution >= 0.6 is 0 Å². The van der Waals surface area contributed by atoms with Crippen LogP contribution in [0.15, 0.2) is 54.6 Å². The number of carbonyl (C=O) groups excluding carboxylic acids is 1. The monoisotopic (exact) mass is 270 g/mol. The molecule has 0 saturated heterocycles. The van der Waals surface area contributed by atoms with Gasteiger partial charge in [0.2, 0.25) is 0 Å². The fourth-order valence-electron chi connectivity index (χ4n) is 1.36. The summed E-state index contributed by atoms with van der Waals surface area (Å²) >= 11 is 0. The van der Waals surface area contributed by atoms with Crippen LogP contribution < -0.4 is 0 Å². The first kappa shape index (κ1) is 15.9. The first-order valence-electron chi connectivity index (χ1n) is 5.76. The van der Waals surface area contributed by atoms with Gasteiger partial charge in [0, 0.05) is 0 Å². The summed E-state index contributed by atoms with van der Waals surface area (Å²) in [7, 11) is 0. The van der Waals surface area contributed by atoms with Crippen LogP contribution in [0.25, 0.3) is 0 Å². The molecule has 0 fully saturated rings. The van der Waals surface area contributed by atoms with Crippen molar-refractivity contribution in [3.63, 3.8) is 0 Å². The summed E-state index contributed by atoms with van der Waals surface area (Å²) in [6, 6.07) is 17.5. The predicted molar refractivity (Wildman–Crippen MR) is 67.9 cm³/mol. The average Bonchev–Trinajstić information content (AvgIpc) is 2.98. The van der Waals surface area contributed by atoms with Gasteiger partial charge in [-0.15, -0.1) is 11.6 Å². The standard InChI is InChI=1S/C10H13O.C5H5.Fe/c1-2-3-8-10(11)9-6-4-5-7-9;1-2-4-5-3-1;/h4-7H,2-3,8H2,1H3;1-5H;/q2*-1;+2. The van der Waals surface area contributed by atoms with Crippen molar-refractivity contribution in [3.8, 4) is 0 Å². The summed E-state index contributed by atoms with van der Waals surface area (Å²) in [6.07, 6.45) is 2.79. The molecule has 2 aromatic carbocycles. The molecule has 0 saturated carbocycles. The molecular weight excluding hydrogens is 252 g/mol. The molecule has 2 rings (SSSR count). The fraction of sp³-hybridized carbons (Fsp3) is 0.267. The third kappa shape index (κ3) is 6.93. The van der Waals surface area contributed by atoms with Crippen molar-refractivity contribution < 1.29 is 21.9 Å². The Morgan fingerprint density at radius 2 is 1.88 bits per heavy atom. The molecule has 0 aromatic heterocycles. The smallest absolute Gasteiger partial charge is 0.352 e. The van der Waals surface area contributed by atoms with E-state index in [4.69, 9.17) is 0 Å². The quantitative estimate of drug-likeness (QED) is 0.462. The van der Waals surface area contributed by atoms with Gasteiger partial charge >= 0.3 is 17.1 Å². The largest absolute Gasteiger partial charge is 2.00 e. The third-order valence-electron chi connectivity index (χ3n) is 2.30. The number of ketones is 1. The van der Waals surface area contributed by atoms with E-state index in [1.807, 2.05) is 54.6 Å². The van der Waals surface area contributed by atoms with Crippen LogP contribution in [0.3, 0.4) is 0 Å². The molecule has 1 nitrogen and oxygen atoms in total. The van der Waals surface area contributed by atoms with Crippen molar-refractivity contribution in [3.05, 3.63) is 60.2 Å². The number of hydrogen-bond acceptors (Lipinski definition) is 1. The minimum absolute atomic E-state index is 0. The number of hydrogen-bond donors (Lipinski definition) is 0. The molecule has 0 aliphatic carbocycles. The molecule has 92 valence electrons. The van der Waals surface area contributed by atoms with Crippen molar-refractivity contribution in [1.82, 2.24) is 0 Å². The molecule has 0 atom stereocenters. The van der Waals surface area contributed by atoms with Crippen LogP contribution in [0.2, 0.25) is 0 Å². The first-order chi connectivity index (χ1) is 7.84. The van der Waals surface area contributed by atoms with Crippen molar-refractivity contribution in [1.29, 1.82) is 0 Å². The molecule has 0 aliphatic rings. The maximum Gasteiger partial charge on any atom is 2.00 e. The van der Waals surface area contributed by atoms with Crippen molar-refractivity contribution in [2.24, 2.45) is 0 Å². The SMILES string of the molecule is CCCCC(=O)c1ccc[cH-]1.[Fe+2].c1cc[cH-]c1. The molecular formula is C15H18FeO. The molecule has 0 unspecified atom stereocenters. The van der Waals surface area contributed by atoms with E-state index in [2.05, 4.69) is 6.92 Å². The van der Waals surface area contributed by atoms with Crippen LogP contribution in [0.1, 0.15) is 36.5 Å². The van der Waals surface area contributed by atoms with Crippen LogP contribution in [-0.2, 0) is 17.1 Å². The Hall–Kier alpha value is -1.11. The molecule has 0 heterocycles. The van der Waals surface area contributed by atoms with E-state index in [1.54, 1.807) is 0 Å². The summed E-state index contributed by atoms with van der Waals surface area (Å²) < 4.78 is 0. The number of Topliss-reactive ketones (excluding diaryl/α,β-unsaturated/α-hetero) is 1. The van der Waals surface area contributed by atoms with E-state index in [0.717, 1.165) is 18.4 Å². The molecule has 0 radical (unpaired) electrons. The number of unbranched alkanes of at least 4 members (excludes halogenated alkanes) is 1. The van der Waals surface area contributed by atoms with Crippen LogP contribution in [-0.4, -0.2) is 5.78 Å². The van der Waals surface area contributed by atoms with E-state index in [-0.39, 0.29) is 22.9 Å². The maximum absolute atomic E-state index is 11.3. The average molecular weight is 270 g/mol. The summed E-state index contributed by atoms with van der Waals surface area (Å²) in [6.45, 7) is 2.10. The Morgan fingerprint density at radius 1 is 1.18 bits per heavy atom. The number of rotatable bonds is 4. The Kier molecular flexibility index (Phi) is 9.41. The zero-order valence-corrected chi connectivity index (χ0v) is 11.2. The molecule has 2 aromatic rings. The van der Waals surface area contributed by atoms with Gasteiger partial charge in [-0.25, -0.2) is 12.1 Å². The van der Waals surface area contributed by atoms with E-state index in [9.17, 15) is 4.79 Å². The molecule has 0 bridgehead atoms. The summed E-state index contributed by atoms with van der Waals surface area (Å²) in [5, 5.41) is 0. The van der Waals surface area contributed by atoms with Gasteiger partial charge in [0.15, 0.2) is 0 Å². The minimum atomic E-state index is 0. The van der Waals surface area contributed by atoms with E-state index in [0.29, 0.717) is 6.42 Å². The minimum Gasteiger partial charge on any atom is -0.352 e. The zero-order valence-electron chi connectivity index (χ0n) is 10.1.